The Kier molecular flexibility index (Phi) is 14.1. The fraction of sp³-hybridized carbons (Fsp3) is 0.483. The molecule has 0 amide bonds. The van der Waals surface area contributed by atoms with Crippen molar-refractivity contribution in [2.45, 2.75) is 71.8 Å². The van der Waals surface area contributed by atoms with Crippen molar-refractivity contribution in [3.05, 3.63) is 70.2 Å². The first kappa shape index (κ1) is 27.9. The van der Waals surface area contributed by atoms with E-state index >= 15 is 0 Å². The minimum absolute atomic E-state index is 0.106. The van der Waals surface area contributed by atoms with Crippen LogP contribution in [0.2, 0.25) is 5.02 Å². The summed E-state index contributed by atoms with van der Waals surface area (Å²) >= 11 is 6.10. The molecule has 184 valence electrons. The number of unbranched alkanes of at least 4 members (excludes halogenated alkanes) is 6. The van der Waals surface area contributed by atoms with Gasteiger partial charge in [0.1, 0.15) is 0 Å². The largest absolute Gasteiger partial charge is 0.464 e. The van der Waals surface area contributed by atoms with Crippen molar-refractivity contribution in [2.24, 2.45) is 0 Å². The van der Waals surface area contributed by atoms with Gasteiger partial charge in [0.25, 0.3) is 0 Å². The van der Waals surface area contributed by atoms with Crippen molar-refractivity contribution in [1.29, 1.82) is 0 Å². The van der Waals surface area contributed by atoms with Crippen LogP contribution in [0, 0.1) is 11.8 Å². The molecular weight excluding hydrogens is 446 g/mol. The molecule has 0 aliphatic heterocycles. The highest BCUT2D eigenvalue weighted by atomic mass is 35.5. The summed E-state index contributed by atoms with van der Waals surface area (Å²) in [6.45, 7) is 5.45. The summed E-state index contributed by atoms with van der Waals surface area (Å²) in [5.74, 6) is 6.19. The van der Waals surface area contributed by atoms with Crippen LogP contribution in [0.5, 0.6) is 0 Å². The molecule has 0 aliphatic rings. The normalized spacial score (nSPS) is 10.7. The van der Waals surface area contributed by atoms with Crippen molar-refractivity contribution in [3.63, 3.8) is 0 Å². The number of hydroxylamine groups is 2. The lowest BCUT2D eigenvalue weighted by molar-refractivity contribution is -0.188. The summed E-state index contributed by atoms with van der Waals surface area (Å²) in [5, 5.41) is 2.52. The second-order valence-corrected chi connectivity index (χ2v) is 8.77. The van der Waals surface area contributed by atoms with Crippen molar-refractivity contribution in [2.75, 3.05) is 19.8 Å². The Labute approximate surface area is 210 Å². The molecule has 0 fully saturated rings. The number of halogens is 1. The fourth-order valence-corrected chi connectivity index (χ4v) is 3.75. The van der Waals surface area contributed by atoms with E-state index in [0.29, 0.717) is 24.7 Å². The number of esters is 1. The second kappa shape index (κ2) is 17.2. The van der Waals surface area contributed by atoms with Crippen molar-refractivity contribution in [3.8, 4) is 11.8 Å². The summed E-state index contributed by atoms with van der Waals surface area (Å²) in [7, 11) is 0. The molecule has 0 heterocycles. The van der Waals surface area contributed by atoms with Gasteiger partial charge in [-0.2, -0.15) is 5.06 Å². The quantitative estimate of drug-likeness (QED) is 0.118. The van der Waals surface area contributed by atoms with Gasteiger partial charge in [0.15, 0.2) is 6.61 Å². The molecular formula is C29H38ClNO3. The summed E-state index contributed by atoms with van der Waals surface area (Å²) in [6, 6.07) is 16.0. The predicted molar refractivity (Wildman–Crippen MR) is 139 cm³/mol. The van der Waals surface area contributed by atoms with Crippen LogP contribution >= 0.6 is 11.6 Å². The smallest absolute Gasteiger partial charge is 0.334 e. The van der Waals surface area contributed by atoms with Gasteiger partial charge in [-0.3, -0.25) is 4.84 Å². The Morgan fingerprint density at radius 2 is 1.74 bits per heavy atom. The second-order valence-electron chi connectivity index (χ2n) is 8.34. The minimum atomic E-state index is -0.369. The van der Waals surface area contributed by atoms with E-state index in [4.69, 9.17) is 21.2 Å². The molecule has 0 radical (unpaired) electrons. The number of ether oxygens (including phenoxy) is 1. The van der Waals surface area contributed by atoms with E-state index in [1.165, 1.54) is 38.5 Å². The number of benzene rings is 2. The molecule has 0 saturated carbocycles. The average molecular weight is 484 g/mol. The summed E-state index contributed by atoms with van der Waals surface area (Å²) in [4.78, 5) is 17.5. The molecule has 0 atom stereocenters. The molecule has 0 unspecified atom stereocenters. The van der Waals surface area contributed by atoms with E-state index < -0.39 is 0 Å². The van der Waals surface area contributed by atoms with Crippen molar-refractivity contribution in [1.82, 2.24) is 5.06 Å². The molecule has 0 aromatic heterocycles. The Morgan fingerprint density at radius 3 is 2.47 bits per heavy atom. The maximum absolute atomic E-state index is 11.8. The lowest BCUT2D eigenvalue weighted by atomic mass is 10.1. The SMILES string of the molecule is CCCCCCCCC#Cc1ccc(CN(CCc2cccc(Cl)c2)OCC(=O)OCC)cc1. The molecule has 34 heavy (non-hydrogen) atoms. The zero-order chi connectivity index (χ0) is 24.4. The van der Waals surface area contributed by atoms with Crippen LogP contribution in [-0.2, 0) is 27.3 Å². The van der Waals surface area contributed by atoms with Crippen LogP contribution in [0.1, 0.15) is 75.5 Å². The molecule has 0 saturated heterocycles. The van der Waals surface area contributed by atoms with E-state index in [2.05, 4.69) is 30.9 Å². The van der Waals surface area contributed by atoms with Crippen LogP contribution in [0.3, 0.4) is 0 Å². The molecule has 4 nitrogen and oxygen atoms in total. The molecule has 0 N–H and O–H groups in total. The molecule has 0 spiro atoms. The summed E-state index contributed by atoms with van der Waals surface area (Å²) in [6.07, 6.45) is 9.43. The third-order valence-corrected chi connectivity index (χ3v) is 5.65. The first-order chi connectivity index (χ1) is 16.6. The number of carbonyl (C=O) groups excluding carboxylic acids is 1. The zero-order valence-electron chi connectivity index (χ0n) is 20.7. The van der Waals surface area contributed by atoms with Crippen LogP contribution < -0.4 is 0 Å². The van der Waals surface area contributed by atoms with Crippen LogP contribution in [0.4, 0.5) is 0 Å². The highest BCUT2D eigenvalue weighted by molar-refractivity contribution is 6.30. The molecule has 5 heteroatoms. The number of nitrogens with zero attached hydrogens (tertiary/aromatic N) is 1. The summed E-state index contributed by atoms with van der Waals surface area (Å²) < 4.78 is 4.99. The topological polar surface area (TPSA) is 38.8 Å². The molecule has 2 rings (SSSR count). The molecule has 0 aliphatic carbocycles. The maximum atomic E-state index is 11.8. The van der Waals surface area contributed by atoms with Gasteiger partial charge in [0, 0.05) is 30.1 Å². The van der Waals surface area contributed by atoms with Crippen LogP contribution in [-0.4, -0.2) is 30.8 Å². The van der Waals surface area contributed by atoms with Gasteiger partial charge < -0.3 is 4.74 Å². The van der Waals surface area contributed by atoms with Gasteiger partial charge in [0.2, 0.25) is 0 Å². The Hall–Kier alpha value is -2.32. The molecule has 2 aromatic carbocycles. The molecule has 2 aromatic rings. The van der Waals surface area contributed by atoms with E-state index in [-0.39, 0.29) is 12.6 Å². The Bertz CT molecular complexity index is 902. The van der Waals surface area contributed by atoms with Gasteiger partial charge in [0.05, 0.1) is 6.61 Å². The van der Waals surface area contributed by atoms with E-state index in [0.717, 1.165) is 29.5 Å². The highest BCUT2D eigenvalue weighted by Gasteiger charge is 2.11. The summed E-state index contributed by atoms with van der Waals surface area (Å²) in [5.41, 5.74) is 3.23. The lowest BCUT2D eigenvalue weighted by Gasteiger charge is -2.21. The Balaban J connectivity index is 1.87. The number of carbonyl (C=O) groups is 1. The van der Waals surface area contributed by atoms with E-state index in [1.54, 1.807) is 12.0 Å². The monoisotopic (exact) mass is 483 g/mol. The minimum Gasteiger partial charge on any atom is -0.464 e. The van der Waals surface area contributed by atoms with Crippen LogP contribution in [0.15, 0.2) is 48.5 Å². The third kappa shape index (κ3) is 12.2. The number of hydrogen-bond donors (Lipinski definition) is 0. The third-order valence-electron chi connectivity index (χ3n) is 5.41. The van der Waals surface area contributed by atoms with Crippen molar-refractivity contribution < 1.29 is 14.4 Å². The first-order valence-electron chi connectivity index (χ1n) is 12.5. The number of hydrogen-bond acceptors (Lipinski definition) is 4. The van der Waals surface area contributed by atoms with Gasteiger partial charge >= 0.3 is 5.97 Å². The van der Waals surface area contributed by atoms with Gasteiger partial charge in [-0.15, -0.1) is 0 Å². The predicted octanol–water partition coefficient (Wildman–Crippen LogP) is 6.98. The maximum Gasteiger partial charge on any atom is 0.334 e. The van der Waals surface area contributed by atoms with Gasteiger partial charge in [-0.05, 0) is 55.2 Å². The van der Waals surface area contributed by atoms with Gasteiger partial charge in [-0.25, -0.2) is 4.79 Å². The number of rotatable bonds is 15. The first-order valence-corrected chi connectivity index (χ1v) is 12.8. The fourth-order valence-electron chi connectivity index (χ4n) is 3.54. The van der Waals surface area contributed by atoms with Crippen LogP contribution in [0.25, 0.3) is 0 Å². The van der Waals surface area contributed by atoms with Crippen molar-refractivity contribution >= 4 is 17.6 Å². The van der Waals surface area contributed by atoms with E-state index in [1.807, 2.05) is 36.4 Å². The zero-order valence-corrected chi connectivity index (χ0v) is 21.4. The van der Waals surface area contributed by atoms with Gasteiger partial charge in [-0.1, -0.05) is 86.7 Å². The van der Waals surface area contributed by atoms with E-state index in [9.17, 15) is 4.79 Å². The Morgan fingerprint density at radius 1 is 0.971 bits per heavy atom. The lowest BCUT2D eigenvalue weighted by Crippen LogP contribution is -2.29. The molecule has 0 bridgehead atoms. The standard InChI is InChI=1S/C29H38ClNO3/c1-3-5-6-7-8-9-10-11-13-25-16-18-27(19-17-25)23-31(34-24-29(32)33-4-2)21-20-26-14-12-15-28(30)22-26/h12,14-19,22H,3-10,20-21,23-24H2,1-2H3. The average Bonchev–Trinajstić information content (AvgIpc) is 2.83. The highest BCUT2D eigenvalue weighted by Crippen LogP contribution is 2.13.